The molecule has 0 spiro atoms. The van der Waals surface area contributed by atoms with Crippen LogP contribution in [0.25, 0.3) is 0 Å². The van der Waals surface area contributed by atoms with Crippen LogP contribution in [0.3, 0.4) is 0 Å². The Kier molecular flexibility index (Phi) is 40.9. The average Bonchev–Trinajstić information content (AvgIpc) is 1.76. The summed E-state index contributed by atoms with van der Waals surface area (Å²) in [7, 11) is 0. The molecule has 42 nitrogen and oxygen atoms in total. The zero-order valence-electron chi connectivity index (χ0n) is 76.8. The van der Waals surface area contributed by atoms with Gasteiger partial charge in [-0.1, -0.05) is 54.9 Å². The van der Waals surface area contributed by atoms with Gasteiger partial charge >= 0.3 is 0 Å². The van der Waals surface area contributed by atoms with Crippen molar-refractivity contribution in [3.8, 4) is 0 Å². The van der Waals surface area contributed by atoms with Crippen molar-refractivity contribution >= 4 is 118 Å². The number of hydrogen-bond acceptors (Lipinski definition) is 22. The second-order valence-electron chi connectivity index (χ2n) is 37.1. The van der Waals surface area contributed by atoms with E-state index in [4.69, 9.17) is 11.5 Å². The second kappa shape index (κ2) is 45.6. The Morgan fingerprint density at radius 2 is 0.699 bits per heavy atom. The number of carbonyl (C=O) groups excluding carboxylic acids is 20. The summed E-state index contributed by atoms with van der Waals surface area (Å²) in [5.74, 6) is -17.6. The molecule has 0 aromatic rings. The third kappa shape index (κ3) is 34.2. The van der Waals surface area contributed by atoms with Crippen molar-refractivity contribution in [2.45, 2.75) is 355 Å². The van der Waals surface area contributed by atoms with Crippen molar-refractivity contribution < 1.29 is 106 Å². The fourth-order valence-corrected chi connectivity index (χ4v) is 12.2. The van der Waals surface area contributed by atoms with Gasteiger partial charge in [0, 0.05) is 26.3 Å². The largest absolute Gasteiger partial charge is 0.394 e. The predicted octanol–water partition coefficient (Wildman–Crippen LogP) is -3.99. The van der Waals surface area contributed by atoms with Gasteiger partial charge in [0.15, 0.2) is 0 Å². The first-order valence-corrected chi connectivity index (χ1v) is 41.4. The molecule has 0 radical (unpaired) electrons. The lowest BCUT2D eigenvalue weighted by Crippen LogP contribution is -2.67. The highest BCUT2D eigenvalue weighted by atomic mass is 16.3. The third-order valence-electron chi connectivity index (χ3n) is 20.9. The Morgan fingerprint density at radius 3 is 1.08 bits per heavy atom. The van der Waals surface area contributed by atoms with E-state index in [-0.39, 0.29) is 62.8 Å². The molecule has 698 valence electrons. The van der Waals surface area contributed by atoms with Crippen LogP contribution >= 0.6 is 0 Å². The van der Waals surface area contributed by atoms with Gasteiger partial charge in [0.1, 0.15) is 98.2 Å². The molecule has 0 unspecified atom stereocenters. The molecule has 1 aliphatic rings. The molecule has 0 bridgehead atoms. The van der Waals surface area contributed by atoms with Crippen LogP contribution in [0.2, 0.25) is 0 Å². The van der Waals surface area contributed by atoms with E-state index in [1.165, 1.54) is 150 Å². The van der Waals surface area contributed by atoms with Crippen molar-refractivity contribution in [3.05, 3.63) is 0 Å². The van der Waals surface area contributed by atoms with Gasteiger partial charge in [-0.2, -0.15) is 0 Å². The van der Waals surface area contributed by atoms with Crippen molar-refractivity contribution in [2.75, 3.05) is 19.8 Å². The molecule has 1 rings (SSSR count). The van der Waals surface area contributed by atoms with E-state index < -0.39 is 248 Å². The number of likely N-dealkylation sites (tertiary alicyclic amines) is 1. The van der Waals surface area contributed by atoms with Crippen LogP contribution in [0.4, 0.5) is 0 Å². The van der Waals surface area contributed by atoms with Gasteiger partial charge in [-0.3, -0.25) is 95.9 Å². The number of rotatable bonds is 49. The summed E-state index contributed by atoms with van der Waals surface area (Å²) < 4.78 is 0. The molecule has 123 heavy (non-hydrogen) atoms. The molecule has 1 aliphatic heterocycles. The number of amides is 20. The topological polar surface area (TPSA) is 642 Å². The number of aliphatic hydroxyl groups is 2. The van der Waals surface area contributed by atoms with Crippen LogP contribution in [0.15, 0.2) is 0 Å². The maximum atomic E-state index is 14.5. The quantitative estimate of drug-likeness (QED) is 0.0276. The molecule has 1 heterocycles. The van der Waals surface area contributed by atoms with Crippen LogP contribution < -0.4 is 102 Å². The normalized spacial score (nSPS) is 16.1. The third-order valence-corrected chi connectivity index (χ3v) is 20.9. The standard InChI is InChI=1S/C81H142N20O22/c1-28-43(7)51(39-102)87-58(109)47(32-34-54(82)105)88-66(117)75(15,16)99-69(120)79(23,24)96-61(112)49(37-41(3)4)86-63(114)53-31-30-36-101(53)72(123)80(25,26)100-70(121)78(21,22)94-57(108)45(9)85-64(115)74(13,14)95-62(113)50(38-42(5)6)90-71(122)81(27,29-2)97-60(111)48(33-35-55(83)106)89-67(118)76(17,18)98-68(119)77(19,20)93-56(107)44(8)84-59(110)52(40-103)91-65(116)73(11,12)92-46(10)104/h41-45,47-53,102-103H,28-40H2,1-27H3,(H2,82,105)(H2,83,106)(H,84,110)(H,85,115)(H,86,114)(H,87,109)(H,88,117)(H,89,118)(H,90,122)(H,91,116)(H,92,104)(H,93,107)(H,94,108)(H,95,113)(H,96,112)(H,97,111)(H,98,119)(H,99,120)(H,100,121)/t43-,44+,45+,47+,48-,49-,50+,51-,52+,53-,81-/m1/s1. The van der Waals surface area contributed by atoms with E-state index in [0.29, 0.717) is 12.8 Å². The molecular formula is C81H142N20O22. The molecule has 0 saturated carbocycles. The SMILES string of the molecule is CC[C@@H](C)[C@@H](CO)NC(=O)[C@H](CCC(N)=O)NC(=O)C(C)(C)NC(=O)C(C)(C)NC(=O)[C@@H](CC(C)C)NC(=O)[C@H]1CCCN1C(=O)C(C)(C)NC(=O)C(C)(C)NC(=O)[C@H](C)NC(=O)C(C)(C)NC(=O)[C@H](CC(C)C)NC(=O)[C@@](C)(CC)NC(=O)[C@@H](CCC(N)=O)NC(=O)C(C)(C)NC(=O)C(C)(C)NC(=O)[C@H](C)NC(=O)[C@H](CO)NC(=O)C(C)(C)NC(C)=O. The highest BCUT2D eigenvalue weighted by Crippen LogP contribution is 2.25. The Balaban J connectivity index is 3.25. The fourth-order valence-electron chi connectivity index (χ4n) is 12.2. The van der Waals surface area contributed by atoms with Crippen LogP contribution in [0, 0.1) is 17.8 Å². The summed E-state index contributed by atoms with van der Waals surface area (Å²) in [5, 5.41) is 63.1. The maximum Gasteiger partial charge on any atom is 0.248 e. The molecule has 11 atom stereocenters. The van der Waals surface area contributed by atoms with E-state index in [0.717, 1.165) is 0 Å². The van der Waals surface area contributed by atoms with Crippen LogP contribution in [0.5, 0.6) is 0 Å². The monoisotopic (exact) mass is 1750 g/mol. The Labute approximate surface area is 721 Å². The lowest BCUT2D eigenvalue weighted by atomic mass is 9.94. The molecule has 1 saturated heterocycles. The summed E-state index contributed by atoms with van der Waals surface area (Å²) in [6.07, 6.45) is -0.399. The number of nitrogens with two attached hydrogens (primary N) is 2. The highest BCUT2D eigenvalue weighted by molar-refractivity contribution is 6.04. The first-order chi connectivity index (χ1) is 56.0. The van der Waals surface area contributed by atoms with Crippen LogP contribution in [-0.2, 0) is 95.9 Å². The van der Waals surface area contributed by atoms with Crippen LogP contribution in [-0.4, -0.2) is 257 Å². The number of aliphatic hydroxyl groups excluding tert-OH is 2. The van der Waals surface area contributed by atoms with Crippen molar-refractivity contribution in [1.29, 1.82) is 0 Å². The maximum absolute atomic E-state index is 14.5. The first kappa shape index (κ1) is 110. The summed E-state index contributed by atoms with van der Waals surface area (Å²) in [6, 6.07) is -11.7. The van der Waals surface area contributed by atoms with Gasteiger partial charge in [-0.05, 0) is 194 Å². The van der Waals surface area contributed by atoms with Crippen LogP contribution in [0.1, 0.15) is 251 Å². The number of nitrogens with zero attached hydrogens (tertiary/aromatic N) is 1. The number of hydrogen-bond donors (Lipinski definition) is 21. The minimum Gasteiger partial charge on any atom is -0.394 e. The lowest BCUT2D eigenvalue weighted by Gasteiger charge is -2.36. The molecule has 23 N–H and O–H groups in total. The first-order valence-electron chi connectivity index (χ1n) is 41.4. The second-order valence-corrected chi connectivity index (χ2v) is 37.1. The minimum absolute atomic E-state index is 0.0301. The fraction of sp³-hybridized carbons (Fsp3) is 0.753. The van der Waals surface area contributed by atoms with E-state index in [1.807, 2.05) is 13.8 Å². The zero-order valence-corrected chi connectivity index (χ0v) is 76.8. The van der Waals surface area contributed by atoms with E-state index in [2.05, 4.69) is 90.4 Å². The molecule has 42 heteroatoms. The number of nitrogens with one attached hydrogen (secondary N) is 17. The molecule has 0 aromatic carbocycles. The van der Waals surface area contributed by atoms with Crippen molar-refractivity contribution in [3.63, 3.8) is 0 Å². The van der Waals surface area contributed by atoms with Gasteiger partial charge in [0.05, 0.1) is 19.3 Å². The minimum atomic E-state index is -1.89. The summed E-state index contributed by atoms with van der Waals surface area (Å²) in [5.41, 5.74) is -5.13. The van der Waals surface area contributed by atoms with Crippen molar-refractivity contribution in [2.24, 2.45) is 29.2 Å². The Bertz CT molecular complexity index is 3890. The van der Waals surface area contributed by atoms with Gasteiger partial charge in [0.2, 0.25) is 118 Å². The van der Waals surface area contributed by atoms with Gasteiger partial charge < -0.3 is 117 Å². The van der Waals surface area contributed by atoms with Crippen molar-refractivity contribution in [1.82, 2.24) is 95.3 Å². The molecule has 0 aliphatic carbocycles. The van der Waals surface area contributed by atoms with Gasteiger partial charge in [-0.25, -0.2) is 0 Å². The van der Waals surface area contributed by atoms with E-state index in [9.17, 15) is 106 Å². The lowest BCUT2D eigenvalue weighted by molar-refractivity contribution is -0.146. The molecule has 20 amide bonds. The number of primary amides is 2. The smallest absolute Gasteiger partial charge is 0.248 e. The van der Waals surface area contributed by atoms with E-state index in [1.54, 1.807) is 27.7 Å². The van der Waals surface area contributed by atoms with E-state index >= 15 is 0 Å². The highest BCUT2D eigenvalue weighted by Gasteiger charge is 2.48. The molecule has 0 aromatic heterocycles. The Hall–Kier alpha value is -10.7. The van der Waals surface area contributed by atoms with Gasteiger partial charge in [0.25, 0.3) is 0 Å². The van der Waals surface area contributed by atoms with Gasteiger partial charge in [-0.15, -0.1) is 0 Å². The summed E-state index contributed by atoms with van der Waals surface area (Å²) in [6.45, 7) is 37.3. The number of carbonyl (C=O) groups is 20. The predicted molar refractivity (Wildman–Crippen MR) is 451 cm³/mol. The summed E-state index contributed by atoms with van der Waals surface area (Å²) in [4.78, 5) is 273. The molecule has 1 fully saturated rings. The average molecular weight is 1750 g/mol. The molecular weight excluding hydrogens is 1610 g/mol. The Morgan fingerprint density at radius 1 is 0.366 bits per heavy atom. The summed E-state index contributed by atoms with van der Waals surface area (Å²) >= 11 is 0. The zero-order chi connectivity index (χ0) is 95.8.